The molecule has 1 atom stereocenters. The molecule has 1 aromatic rings. The Morgan fingerprint density at radius 2 is 1.45 bits per heavy atom. The molecule has 1 heterocycles. The van der Waals surface area contributed by atoms with Crippen LogP contribution in [0.5, 0.6) is 5.75 Å². The summed E-state index contributed by atoms with van der Waals surface area (Å²) in [6.45, 7) is 15.3. The highest BCUT2D eigenvalue weighted by atomic mass is 28.4. The molecule has 1 unspecified atom stereocenters. The third-order valence-electron chi connectivity index (χ3n) is 4.19. The molecule has 0 aromatic carbocycles. The van der Waals surface area contributed by atoms with Crippen molar-refractivity contribution in [2.45, 2.75) is 71.2 Å². The van der Waals surface area contributed by atoms with Crippen LogP contribution in [0.2, 0.25) is 16.6 Å². The Balaban J connectivity index is 3.07. The van der Waals surface area contributed by atoms with Gasteiger partial charge in [0.05, 0.1) is 18.0 Å². The van der Waals surface area contributed by atoms with Crippen LogP contribution in [0.4, 0.5) is 0 Å². The van der Waals surface area contributed by atoms with Gasteiger partial charge >= 0.3 is 0 Å². The van der Waals surface area contributed by atoms with Gasteiger partial charge in [0.1, 0.15) is 5.75 Å². The molecule has 114 valence electrons. The van der Waals surface area contributed by atoms with Gasteiger partial charge in [0, 0.05) is 0 Å². The summed E-state index contributed by atoms with van der Waals surface area (Å²) in [4.78, 5) is 4.29. The molecule has 4 heteroatoms. The second-order valence-electron chi connectivity index (χ2n) is 6.51. The predicted molar refractivity (Wildman–Crippen MR) is 86.5 cm³/mol. The monoisotopic (exact) mass is 295 g/mol. The molecule has 20 heavy (non-hydrogen) atoms. The van der Waals surface area contributed by atoms with Gasteiger partial charge in [-0.05, 0) is 35.7 Å². The summed E-state index contributed by atoms with van der Waals surface area (Å²) in [5.41, 5.74) is 2.31. The molecule has 0 amide bonds. The highest BCUT2D eigenvalue weighted by Crippen LogP contribution is 2.42. The van der Waals surface area contributed by atoms with Crippen LogP contribution in [0, 0.1) is 0 Å². The molecule has 1 aromatic heterocycles. The van der Waals surface area contributed by atoms with Gasteiger partial charge in [0.15, 0.2) is 0 Å². The highest BCUT2D eigenvalue weighted by molar-refractivity contribution is 6.78. The SMILES string of the molecule is CC(O)c1ccc(O[Si](C(C)C)(C(C)C)C(C)C)cn1. The molecule has 1 rings (SSSR count). The van der Waals surface area contributed by atoms with Gasteiger partial charge in [-0.25, -0.2) is 0 Å². The molecule has 0 bridgehead atoms. The maximum absolute atomic E-state index is 9.52. The number of hydrogen-bond acceptors (Lipinski definition) is 3. The summed E-state index contributed by atoms with van der Waals surface area (Å²) in [5, 5.41) is 9.52. The van der Waals surface area contributed by atoms with Crippen molar-refractivity contribution in [1.82, 2.24) is 4.98 Å². The molecule has 0 fully saturated rings. The van der Waals surface area contributed by atoms with E-state index in [0.717, 1.165) is 5.75 Å². The van der Waals surface area contributed by atoms with E-state index in [2.05, 4.69) is 46.5 Å². The van der Waals surface area contributed by atoms with Crippen LogP contribution in [-0.2, 0) is 0 Å². The Hall–Kier alpha value is -0.873. The summed E-state index contributed by atoms with van der Waals surface area (Å²) < 4.78 is 6.52. The number of hydrogen-bond donors (Lipinski definition) is 1. The normalized spacial score (nSPS) is 14.2. The molecule has 0 aliphatic heterocycles. The Morgan fingerprint density at radius 3 is 1.75 bits per heavy atom. The Labute approximate surface area is 124 Å². The van der Waals surface area contributed by atoms with Crippen molar-refractivity contribution in [3.8, 4) is 5.75 Å². The van der Waals surface area contributed by atoms with Crippen LogP contribution in [0.25, 0.3) is 0 Å². The number of pyridine rings is 1. The lowest BCUT2D eigenvalue weighted by Crippen LogP contribution is -2.50. The van der Waals surface area contributed by atoms with Gasteiger partial charge in [-0.3, -0.25) is 4.98 Å². The van der Waals surface area contributed by atoms with Crippen molar-refractivity contribution in [2.24, 2.45) is 0 Å². The van der Waals surface area contributed by atoms with E-state index in [-0.39, 0.29) is 0 Å². The quantitative estimate of drug-likeness (QED) is 0.774. The molecule has 0 spiro atoms. The second kappa shape index (κ2) is 6.72. The zero-order valence-corrected chi connectivity index (χ0v) is 14.8. The van der Waals surface area contributed by atoms with Crippen LogP contribution in [0.15, 0.2) is 18.3 Å². The van der Waals surface area contributed by atoms with E-state index < -0.39 is 14.4 Å². The fraction of sp³-hybridized carbons (Fsp3) is 0.688. The van der Waals surface area contributed by atoms with Gasteiger partial charge in [0.2, 0.25) is 0 Å². The first-order valence-corrected chi connectivity index (χ1v) is 9.68. The van der Waals surface area contributed by atoms with Gasteiger partial charge in [-0.1, -0.05) is 41.5 Å². The minimum atomic E-state index is -1.92. The van der Waals surface area contributed by atoms with E-state index >= 15 is 0 Å². The van der Waals surface area contributed by atoms with E-state index in [1.54, 1.807) is 13.1 Å². The first-order valence-electron chi connectivity index (χ1n) is 7.54. The third-order valence-corrected chi connectivity index (χ3v) is 10.2. The Kier molecular flexibility index (Phi) is 5.77. The van der Waals surface area contributed by atoms with Crippen molar-refractivity contribution >= 4 is 8.32 Å². The first kappa shape index (κ1) is 17.2. The topological polar surface area (TPSA) is 42.4 Å². The summed E-state index contributed by atoms with van der Waals surface area (Å²) in [6.07, 6.45) is 1.21. The molecular formula is C16H29NO2Si. The number of rotatable bonds is 6. The van der Waals surface area contributed by atoms with Crippen LogP contribution >= 0.6 is 0 Å². The fourth-order valence-electron chi connectivity index (χ4n) is 3.26. The Bertz CT molecular complexity index is 391. The minimum Gasteiger partial charge on any atom is -0.542 e. The molecule has 0 saturated carbocycles. The number of aromatic nitrogens is 1. The molecule has 0 saturated heterocycles. The zero-order chi connectivity index (χ0) is 15.5. The van der Waals surface area contributed by atoms with E-state index in [0.29, 0.717) is 22.3 Å². The van der Waals surface area contributed by atoms with Crippen molar-refractivity contribution in [3.63, 3.8) is 0 Å². The van der Waals surface area contributed by atoms with Crippen LogP contribution in [0.1, 0.15) is 60.3 Å². The lowest BCUT2D eigenvalue weighted by Gasteiger charge is -2.42. The van der Waals surface area contributed by atoms with E-state index in [1.165, 1.54) is 0 Å². The number of aliphatic hydroxyl groups excluding tert-OH is 1. The van der Waals surface area contributed by atoms with Crippen molar-refractivity contribution in [3.05, 3.63) is 24.0 Å². The van der Waals surface area contributed by atoms with E-state index in [1.807, 2.05) is 12.1 Å². The highest BCUT2D eigenvalue weighted by Gasteiger charge is 2.47. The van der Waals surface area contributed by atoms with Gasteiger partial charge in [-0.15, -0.1) is 0 Å². The fourth-order valence-corrected chi connectivity index (χ4v) is 8.49. The van der Waals surface area contributed by atoms with Crippen molar-refractivity contribution in [2.75, 3.05) is 0 Å². The lowest BCUT2D eigenvalue weighted by molar-refractivity contribution is 0.194. The number of aliphatic hydroxyl groups is 1. The smallest absolute Gasteiger partial charge is 0.258 e. The van der Waals surface area contributed by atoms with E-state index in [9.17, 15) is 5.11 Å². The Morgan fingerprint density at radius 1 is 0.950 bits per heavy atom. The number of nitrogens with zero attached hydrogens (tertiary/aromatic N) is 1. The van der Waals surface area contributed by atoms with E-state index in [4.69, 9.17) is 4.43 Å². The van der Waals surface area contributed by atoms with Gasteiger partial charge in [-0.2, -0.15) is 0 Å². The standard InChI is InChI=1S/C16H29NO2Si/c1-11(2)20(12(3)4,13(5)6)19-15-8-9-16(14(7)18)17-10-15/h8-14,18H,1-7H3. The average Bonchev–Trinajstić information content (AvgIpc) is 2.35. The summed E-state index contributed by atoms with van der Waals surface area (Å²) in [7, 11) is -1.92. The summed E-state index contributed by atoms with van der Waals surface area (Å²) in [6, 6.07) is 3.78. The molecule has 0 aliphatic rings. The molecular weight excluding hydrogens is 266 g/mol. The van der Waals surface area contributed by atoms with Crippen LogP contribution in [-0.4, -0.2) is 18.4 Å². The van der Waals surface area contributed by atoms with Crippen LogP contribution < -0.4 is 4.43 Å². The van der Waals surface area contributed by atoms with Gasteiger partial charge in [0.25, 0.3) is 8.32 Å². The molecule has 3 nitrogen and oxygen atoms in total. The maximum atomic E-state index is 9.52. The van der Waals surface area contributed by atoms with Crippen molar-refractivity contribution in [1.29, 1.82) is 0 Å². The summed E-state index contributed by atoms with van der Waals surface area (Å²) in [5.74, 6) is 0.831. The largest absolute Gasteiger partial charge is 0.542 e. The first-order chi connectivity index (χ1) is 9.21. The zero-order valence-electron chi connectivity index (χ0n) is 13.8. The minimum absolute atomic E-state index is 0.536. The summed E-state index contributed by atoms with van der Waals surface area (Å²) >= 11 is 0. The molecule has 0 radical (unpaired) electrons. The predicted octanol–water partition coefficient (Wildman–Crippen LogP) is 4.69. The van der Waals surface area contributed by atoms with Crippen molar-refractivity contribution < 1.29 is 9.53 Å². The molecule has 0 aliphatic carbocycles. The average molecular weight is 295 g/mol. The van der Waals surface area contributed by atoms with Gasteiger partial charge < -0.3 is 9.53 Å². The second-order valence-corrected chi connectivity index (χ2v) is 11.9. The molecule has 1 N–H and O–H groups in total. The third kappa shape index (κ3) is 3.41. The maximum Gasteiger partial charge on any atom is 0.258 e. The van der Waals surface area contributed by atoms with Crippen LogP contribution in [0.3, 0.4) is 0 Å². The lowest BCUT2D eigenvalue weighted by atomic mass is 10.2.